The van der Waals surface area contributed by atoms with E-state index in [2.05, 4.69) is 25.3 Å². The number of piperidine rings is 1. The molecule has 1 aliphatic heterocycles. The number of benzene rings is 2. The van der Waals surface area contributed by atoms with E-state index in [-0.39, 0.29) is 30.8 Å². The molecule has 4 rings (SSSR count). The monoisotopic (exact) mass is 601 g/mol. The highest BCUT2D eigenvalue weighted by molar-refractivity contribution is 5.91. The molecule has 1 saturated heterocycles. The van der Waals surface area contributed by atoms with Crippen LogP contribution in [0.4, 0.5) is 18.0 Å². The minimum atomic E-state index is -4.74. The van der Waals surface area contributed by atoms with Crippen LogP contribution in [0.15, 0.2) is 59.1 Å². The van der Waals surface area contributed by atoms with Crippen molar-refractivity contribution >= 4 is 17.9 Å². The van der Waals surface area contributed by atoms with Gasteiger partial charge in [0.15, 0.2) is 0 Å². The smallest absolute Gasteiger partial charge is 0.449 e. The van der Waals surface area contributed by atoms with Gasteiger partial charge in [-0.1, -0.05) is 73.6 Å². The fourth-order valence-corrected chi connectivity index (χ4v) is 4.73. The number of ether oxygens (including phenoxy) is 1. The Hall–Kier alpha value is -4.42. The van der Waals surface area contributed by atoms with E-state index in [0.717, 1.165) is 5.56 Å². The summed E-state index contributed by atoms with van der Waals surface area (Å²) in [6.45, 7) is 6.07. The minimum Gasteiger partial charge on any atom is -0.449 e. The number of rotatable bonds is 9. The van der Waals surface area contributed by atoms with Crippen molar-refractivity contribution in [2.24, 2.45) is 5.92 Å². The molecule has 1 aromatic heterocycles. The lowest BCUT2D eigenvalue weighted by Gasteiger charge is -2.38. The largest absolute Gasteiger partial charge is 0.471 e. The lowest BCUT2D eigenvalue weighted by Crippen LogP contribution is -2.56. The zero-order chi connectivity index (χ0) is 31.1. The summed E-state index contributed by atoms with van der Waals surface area (Å²) in [4.78, 5) is 43.9. The number of aromatic nitrogens is 2. The van der Waals surface area contributed by atoms with Crippen molar-refractivity contribution in [2.45, 2.75) is 64.3 Å². The van der Waals surface area contributed by atoms with E-state index in [1.807, 2.05) is 44.2 Å². The van der Waals surface area contributed by atoms with Gasteiger partial charge in [0.25, 0.3) is 0 Å². The number of amides is 3. The number of hydrogen-bond donors (Lipinski definition) is 2. The first-order chi connectivity index (χ1) is 20.4. The predicted octanol–water partition coefficient (Wildman–Crippen LogP) is 4.92. The highest BCUT2D eigenvalue weighted by atomic mass is 19.4. The van der Waals surface area contributed by atoms with Crippen LogP contribution in [0.2, 0.25) is 0 Å². The molecule has 0 radical (unpaired) electrons. The maximum Gasteiger partial charge on any atom is 0.471 e. The Balaban J connectivity index is 1.35. The third kappa shape index (κ3) is 8.33. The second-order valence-electron chi connectivity index (χ2n) is 10.9. The molecule has 0 bridgehead atoms. The van der Waals surface area contributed by atoms with Gasteiger partial charge in [0.1, 0.15) is 12.1 Å². The highest BCUT2D eigenvalue weighted by Gasteiger charge is 2.39. The van der Waals surface area contributed by atoms with Gasteiger partial charge in [-0.3, -0.25) is 14.5 Å². The van der Waals surface area contributed by atoms with Crippen molar-refractivity contribution in [3.63, 3.8) is 0 Å². The number of halogens is 3. The Morgan fingerprint density at radius 3 is 2.40 bits per heavy atom. The molecule has 43 heavy (non-hydrogen) atoms. The summed E-state index contributed by atoms with van der Waals surface area (Å²) in [5, 5.41) is 8.82. The number of alkyl halides is 3. The van der Waals surface area contributed by atoms with Gasteiger partial charge < -0.3 is 19.9 Å². The second-order valence-corrected chi connectivity index (χ2v) is 10.9. The van der Waals surface area contributed by atoms with Crippen LogP contribution in [0.25, 0.3) is 11.4 Å². The second kappa shape index (κ2) is 13.7. The molecule has 0 saturated carbocycles. The quantitative estimate of drug-likeness (QED) is 0.357. The molecular formula is C30H34F3N5O5. The first kappa shape index (κ1) is 31.5. The number of nitrogens with zero attached hydrogens (tertiary/aromatic N) is 3. The third-order valence-corrected chi connectivity index (χ3v) is 7.05. The Bertz CT molecular complexity index is 1400. The average Bonchev–Trinajstić information content (AvgIpc) is 3.50. The highest BCUT2D eigenvalue weighted by Crippen LogP contribution is 2.32. The fraction of sp³-hybridized carbons (Fsp3) is 0.433. The summed E-state index contributed by atoms with van der Waals surface area (Å²) in [7, 11) is 0. The number of nitrogens with one attached hydrogen (secondary N) is 2. The van der Waals surface area contributed by atoms with Crippen molar-refractivity contribution in [1.29, 1.82) is 0 Å². The minimum absolute atomic E-state index is 0.0608. The summed E-state index contributed by atoms with van der Waals surface area (Å²) in [6.07, 6.45) is -4.23. The van der Waals surface area contributed by atoms with Crippen LogP contribution in [-0.2, 0) is 27.0 Å². The molecule has 0 unspecified atom stereocenters. The normalized spacial score (nSPS) is 17.8. The molecule has 3 aromatic rings. The number of carbonyl (C=O) groups is 3. The Morgan fingerprint density at radius 1 is 1.07 bits per heavy atom. The van der Waals surface area contributed by atoms with E-state index in [0.29, 0.717) is 30.5 Å². The van der Waals surface area contributed by atoms with E-state index < -0.39 is 42.1 Å². The van der Waals surface area contributed by atoms with Gasteiger partial charge in [-0.15, -0.1) is 0 Å². The number of carbonyl (C=O) groups excluding carboxylic acids is 3. The van der Waals surface area contributed by atoms with Crippen LogP contribution in [-0.4, -0.2) is 58.2 Å². The number of likely N-dealkylation sites (tertiary alicyclic amines) is 1. The van der Waals surface area contributed by atoms with Gasteiger partial charge in [0, 0.05) is 18.7 Å². The fourth-order valence-electron chi connectivity index (χ4n) is 4.73. The molecule has 3 atom stereocenters. The van der Waals surface area contributed by atoms with Gasteiger partial charge in [-0.2, -0.15) is 18.2 Å². The first-order valence-electron chi connectivity index (χ1n) is 14.0. The van der Waals surface area contributed by atoms with E-state index in [9.17, 15) is 27.6 Å². The van der Waals surface area contributed by atoms with Crippen LogP contribution < -0.4 is 10.6 Å². The van der Waals surface area contributed by atoms with Crippen molar-refractivity contribution < 1.29 is 36.8 Å². The lowest BCUT2D eigenvalue weighted by atomic mass is 9.85. The maximum absolute atomic E-state index is 13.4. The van der Waals surface area contributed by atoms with Crippen LogP contribution in [0.1, 0.15) is 56.5 Å². The molecule has 2 aromatic carbocycles. The molecule has 3 amide bonds. The lowest BCUT2D eigenvalue weighted by molar-refractivity contribution is -0.159. The molecule has 10 nitrogen and oxygen atoms in total. The summed E-state index contributed by atoms with van der Waals surface area (Å²) in [5.41, 5.74) is 2.05. The molecule has 1 aliphatic rings. The van der Waals surface area contributed by atoms with Crippen molar-refractivity contribution in [2.75, 3.05) is 13.2 Å². The number of hydrogen-bond acceptors (Lipinski definition) is 7. The molecule has 0 aliphatic carbocycles. The van der Waals surface area contributed by atoms with Crippen LogP contribution in [0.3, 0.4) is 0 Å². The van der Waals surface area contributed by atoms with Crippen molar-refractivity contribution in [1.82, 2.24) is 25.7 Å². The van der Waals surface area contributed by atoms with Gasteiger partial charge in [0.05, 0.1) is 6.61 Å². The van der Waals surface area contributed by atoms with Gasteiger partial charge in [-0.25, -0.2) is 4.79 Å². The van der Waals surface area contributed by atoms with Crippen LogP contribution in [0, 0.1) is 5.92 Å². The Labute approximate surface area is 247 Å². The average molecular weight is 602 g/mol. The molecule has 230 valence electrons. The van der Waals surface area contributed by atoms with Gasteiger partial charge in [0.2, 0.25) is 17.6 Å². The molecular weight excluding hydrogens is 567 g/mol. The van der Waals surface area contributed by atoms with E-state index >= 15 is 0 Å². The summed E-state index contributed by atoms with van der Waals surface area (Å²) >= 11 is 0. The van der Waals surface area contributed by atoms with E-state index in [1.54, 1.807) is 19.1 Å². The van der Waals surface area contributed by atoms with Crippen LogP contribution in [0.5, 0.6) is 0 Å². The maximum atomic E-state index is 13.4. The van der Waals surface area contributed by atoms with E-state index in [4.69, 9.17) is 4.74 Å². The Kier molecular flexibility index (Phi) is 10.0. The molecule has 2 heterocycles. The van der Waals surface area contributed by atoms with Crippen LogP contribution >= 0.6 is 0 Å². The third-order valence-electron chi connectivity index (χ3n) is 7.05. The van der Waals surface area contributed by atoms with Gasteiger partial charge in [-0.05, 0) is 42.7 Å². The van der Waals surface area contributed by atoms with Crippen molar-refractivity contribution in [3.8, 4) is 11.4 Å². The summed E-state index contributed by atoms with van der Waals surface area (Å²) < 4.78 is 47.8. The zero-order valence-electron chi connectivity index (χ0n) is 24.1. The zero-order valence-corrected chi connectivity index (χ0v) is 24.1. The SMILES string of the molecule is CC(C)COC(=O)N1CC[C@H](c2ccccc2)C[C@@H]1C(=O)N[C@@H](C)C(=O)NCc1ccc(-c2noc(C(F)(F)F)n2)cc1. The molecule has 13 heteroatoms. The van der Waals surface area contributed by atoms with Crippen molar-refractivity contribution in [3.05, 3.63) is 71.6 Å². The standard InChI is InChI=1S/C30H34F3N5O5/c1-18(2)17-42-29(41)38-14-13-23(21-7-5-4-6-8-21)15-24(38)27(40)35-19(3)26(39)34-16-20-9-11-22(12-10-20)25-36-28(43-37-25)30(31,32)33/h4-12,18-19,23-24H,13-17H2,1-3H3,(H,34,39)(H,35,40)/t19-,23-,24+/m0/s1. The molecule has 1 fully saturated rings. The summed E-state index contributed by atoms with van der Waals surface area (Å²) in [5.74, 6) is -2.35. The van der Waals surface area contributed by atoms with E-state index in [1.165, 1.54) is 17.0 Å². The topological polar surface area (TPSA) is 127 Å². The summed E-state index contributed by atoms with van der Waals surface area (Å²) in [6, 6.07) is 14.3. The predicted molar refractivity (Wildman–Crippen MR) is 149 cm³/mol. The Morgan fingerprint density at radius 2 is 1.77 bits per heavy atom. The van der Waals surface area contributed by atoms with Gasteiger partial charge >= 0.3 is 18.2 Å². The molecule has 0 spiro atoms. The first-order valence-corrected chi connectivity index (χ1v) is 14.0. The molecule has 2 N–H and O–H groups in total.